The van der Waals surface area contributed by atoms with Crippen LogP contribution in [0, 0.1) is 0 Å². The van der Waals surface area contributed by atoms with Gasteiger partial charge in [-0.05, 0) is 31.5 Å². The normalized spacial score (nSPS) is 18.9. The Morgan fingerprint density at radius 1 is 1.33 bits per heavy atom. The van der Waals surface area contributed by atoms with Gasteiger partial charge in [-0.1, -0.05) is 17.3 Å². The average molecular weight is 340 g/mol. The van der Waals surface area contributed by atoms with Crippen molar-refractivity contribution in [2.24, 2.45) is 5.73 Å². The van der Waals surface area contributed by atoms with Crippen molar-refractivity contribution in [2.45, 2.75) is 31.6 Å². The van der Waals surface area contributed by atoms with E-state index in [0.717, 1.165) is 18.6 Å². The molecular weight excluding hydrogens is 325 g/mol. The van der Waals surface area contributed by atoms with E-state index in [-0.39, 0.29) is 24.3 Å². The Morgan fingerprint density at radius 2 is 2.04 bits per heavy atom. The van der Waals surface area contributed by atoms with Gasteiger partial charge in [-0.2, -0.15) is 18.2 Å². The molecule has 1 aromatic heterocycles. The zero-order chi connectivity index (χ0) is 17.3. The van der Waals surface area contributed by atoms with Crippen LogP contribution in [0.1, 0.15) is 24.3 Å². The molecular formula is C15H15F3N4O2. The molecule has 1 aliphatic heterocycles. The number of carbonyl (C=O) groups excluding carboxylic acids is 1. The van der Waals surface area contributed by atoms with Crippen LogP contribution in [0.3, 0.4) is 0 Å². The second kappa shape index (κ2) is 6.23. The van der Waals surface area contributed by atoms with Crippen molar-refractivity contribution in [3.8, 4) is 11.4 Å². The Hall–Kier alpha value is -2.42. The summed E-state index contributed by atoms with van der Waals surface area (Å²) in [5.74, 6) is 0.0987. The number of carbonyl (C=O) groups is 1. The number of amides is 1. The Labute approximate surface area is 135 Å². The van der Waals surface area contributed by atoms with Gasteiger partial charge < -0.3 is 10.3 Å². The van der Waals surface area contributed by atoms with Gasteiger partial charge in [0.2, 0.25) is 17.6 Å². The molecule has 1 saturated heterocycles. The van der Waals surface area contributed by atoms with Gasteiger partial charge in [-0.15, -0.1) is 0 Å². The molecule has 1 aliphatic rings. The summed E-state index contributed by atoms with van der Waals surface area (Å²) in [7, 11) is 0. The molecule has 0 saturated carbocycles. The molecule has 2 aromatic rings. The third kappa shape index (κ3) is 3.40. The number of nitrogens with two attached hydrogens (primary N) is 1. The van der Waals surface area contributed by atoms with Crippen molar-refractivity contribution in [3.05, 3.63) is 35.7 Å². The molecule has 3 rings (SSSR count). The van der Waals surface area contributed by atoms with Gasteiger partial charge in [0.15, 0.2) is 0 Å². The SMILES string of the molecule is NC(=O)[C@@H]1CCCN1Cc1nc(-c2ccc(C(F)(F)F)cc2)no1. The predicted molar refractivity (Wildman–Crippen MR) is 77.4 cm³/mol. The van der Waals surface area contributed by atoms with Crippen molar-refractivity contribution in [1.29, 1.82) is 0 Å². The summed E-state index contributed by atoms with van der Waals surface area (Å²) in [6.45, 7) is 0.979. The number of likely N-dealkylation sites (tertiary alicyclic amines) is 1. The predicted octanol–water partition coefficient (Wildman–Crippen LogP) is 2.21. The minimum Gasteiger partial charge on any atom is -0.368 e. The van der Waals surface area contributed by atoms with Crippen molar-refractivity contribution in [3.63, 3.8) is 0 Å². The number of aromatic nitrogens is 2. The van der Waals surface area contributed by atoms with Gasteiger partial charge in [0.05, 0.1) is 18.2 Å². The van der Waals surface area contributed by atoms with E-state index in [1.807, 2.05) is 4.90 Å². The van der Waals surface area contributed by atoms with Gasteiger partial charge in [0, 0.05) is 5.56 Å². The second-order valence-corrected chi connectivity index (χ2v) is 5.62. The molecule has 0 radical (unpaired) electrons. The molecule has 128 valence electrons. The lowest BCUT2D eigenvalue weighted by Crippen LogP contribution is -2.39. The number of primary amides is 1. The first kappa shape index (κ1) is 16.4. The molecule has 2 heterocycles. The van der Waals surface area contributed by atoms with Crippen LogP contribution < -0.4 is 5.73 Å². The van der Waals surface area contributed by atoms with Crippen LogP contribution in [0.2, 0.25) is 0 Å². The number of hydrogen-bond acceptors (Lipinski definition) is 5. The van der Waals surface area contributed by atoms with E-state index in [2.05, 4.69) is 10.1 Å². The van der Waals surface area contributed by atoms with Crippen LogP contribution in [0.15, 0.2) is 28.8 Å². The summed E-state index contributed by atoms with van der Waals surface area (Å²) in [6, 6.07) is 4.16. The highest BCUT2D eigenvalue weighted by atomic mass is 19.4. The highest BCUT2D eigenvalue weighted by Gasteiger charge is 2.31. The number of nitrogens with zero attached hydrogens (tertiary/aromatic N) is 3. The monoisotopic (exact) mass is 340 g/mol. The molecule has 1 amide bonds. The first-order valence-corrected chi connectivity index (χ1v) is 7.38. The van der Waals surface area contributed by atoms with Gasteiger partial charge >= 0.3 is 6.18 Å². The van der Waals surface area contributed by atoms with E-state index >= 15 is 0 Å². The average Bonchev–Trinajstić information content (AvgIpc) is 3.16. The van der Waals surface area contributed by atoms with Gasteiger partial charge in [-0.25, -0.2) is 0 Å². The molecule has 0 unspecified atom stereocenters. The van der Waals surface area contributed by atoms with Crippen LogP contribution in [-0.2, 0) is 17.5 Å². The van der Waals surface area contributed by atoms with Crippen molar-refractivity contribution >= 4 is 5.91 Å². The molecule has 0 aliphatic carbocycles. The molecule has 1 aromatic carbocycles. The van der Waals surface area contributed by atoms with E-state index in [1.165, 1.54) is 12.1 Å². The van der Waals surface area contributed by atoms with Crippen LogP contribution in [0.5, 0.6) is 0 Å². The standard InChI is InChI=1S/C15H15F3N4O2/c16-15(17,18)10-5-3-9(4-6-10)14-20-12(24-21-14)8-22-7-1-2-11(22)13(19)23/h3-6,11H,1-2,7-8H2,(H2,19,23)/t11-/m0/s1. The van der Waals surface area contributed by atoms with Crippen molar-refractivity contribution < 1.29 is 22.5 Å². The highest BCUT2D eigenvalue weighted by Crippen LogP contribution is 2.30. The molecule has 0 spiro atoms. The summed E-state index contributed by atoms with van der Waals surface area (Å²) in [6.07, 6.45) is -2.84. The second-order valence-electron chi connectivity index (χ2n) is 5.62. The fourth-order valence-corrected chi connectivity index (χ4v) is 2.76. The molecule has 6 nitrogen and oxygen atoms in total. The Kier molecular flexibility index (Phi) is 4.27. The summed E-state index contributed by atoms with van der Waals surface area (Å²) in [5, 5.41) is 3.78. The van der Waals surface area contributed by atoms with Gasteiger partial charge in [0.25, 0.3) is 0 Å². The maximum Gasteiger partial charge on any atom is 0.416 e. The number of rotatable bonds is 4. The zero-order valence-corrected chi connectivity index (χ0v) is 12.6. The van der Waals surface area contributed by atoms with Gasteiger partial charge in [0.1, 0.15) is 0 Å². The third-order valence-corrected chi connectivity index (χ3v) is 3.97. The Bertz CT molecular complexity index is 727. The van der Waals surface area contributed by atoms with E-state index in [0.29, 0.717) is 18.5 Å². The summed E-state index contributed by atoms with van der Waals surface area (Å²) in [4.78, 5) is 17.4. The summed E-state index contributed by atoms with van der Waals surface area (Å²) < 4.78 is 42.8. The topological polar surface area (TPSA) is 85.3 Å². The Morgan fingerprint density at radius 3 is 2.67 bits per heavy atom. The number of halogens is 3. The third-order valence-electron chi connectivity index (χ3n) is 3.97. The summed E-state index contributed by atoms with van der Waals surface area (Å²) >= 11 is 0. The van der Waals surface area contributed by atoms with Crippen molar-refractivity contribution in [1.82, 2.24) is 15.0 Å². The van der Waals surface area contributed by atoms with Crippen molar-refractivity contribution in [2.75, 3.05) is 6.54 Å². The number of alkyl halides is 3. The lowest BCUT2D eigenvalue weighted by atomic mass is 10.1. The van der Waals surface area contributed by atoms with Crippen LogP contribution in [0.25, 0.3) is 11.4 Å². The van der Waals surface area contributed by atoms with E-state index < -0.39 is 17.6 Å². The minimum absolute atomic E-state index is 0.202. The van der Waals surface area contributed by atoms with E-state index in [9.17, 15) is 18.0 Å². The quantitative estimate of drug-likeness (QED) is 0.922. The molecule has 2 N–H and O–H groups in total. The molecule has 1 fully saturated rings. The first-order chi connectivity index (χ1) is 11.3. The minimum atomic E-state index is -4.39. The lowest BCUT2D eigenvalue weighted by Gasteiger charge is -2.19. The zero-order valence-electron chi connectivity index (χ0n) is 12.6. The van der Waals surface area contributed by atoms with Crippen LogP contribution in [0.4, 0.5) is 13.2 Å². The van der Waals surface area contributed by atoms with E-state index in [1.54, 1.807) is 0 Å². The van der Waals surface area contributed by atoms with E-state index in [4.69, 9.17) is 10.3 Å². The molecule has 0 bridgehead atoms. The number of hydrogen-bond donors (Lipinski definition) is 1. The molecule has 1 atom stereocenters. The fourth-order valence-electron chi connectivity index (χ4n) is 2.76. The molecule has 9 heteroatoms. The first-order valence-electron chi connectivity index (χ1n) is 7.38. The lowest BCUT2D eigenvalue weighted by molar-refractivity contribution is -0.137. The Balaban J connectivity index is 1.72. The maximum absolute atomic E-state index is 12.6. The van der Waals surface area contributed by atoms with Crippen LogP contribution in [-0.4, -0.2) is 33.5 Å². The van der Waals surface area contributed by atoms with Crippen LogP contribution >= 0.6 is 0 Å². The fraction of sp³-hybridized carbons (Fsp3) is 0.400. The molecule has 24 heavy (non-hydrogen) atoms. The smallest absolute Gasteiger partial charge is 0.368 e. The summed E-state index contributed by atoms with van der Waals surface area (Å²) in [5.41, 5.74) is 5.03. The van der Waals surface area contributed by atoms with Gasteiger partial charge in [-0.3, -0.25) is 9.69 Å². The number of benzene rings is 1. The maximum atomic E-state index is 12.6. The largest absolute Gasteiger partial charge is 0.416 e. The highest BCUT2D eigenvalue weighted by molar-refractivity contribution is 5.80.